The zero-order valence-electron chi connectivity index (χ0n) is 8.44. The van der Waals surface area contributed by atoms with Gasteiger partial charge in [-0.25, -0.2) is 4.39 Å². The van der Waals surface area contributed by atoms with Crippen molar-refractivity contribution in [3.63, 3.8) is 0 Å². The highest BCUT2D eigenvalue weighted by atomic mass is 19.4. The second-order valence-corrected chi connectivity index (χ2v) is 4.17. The highest BCUT2D eigenvalue weighted by Gasteiger charge is 2.41. The fraction of sp³-hybridized carbons (Fsp3) is 0.455. The second kappa shape index (κ2) is 3.45. The smallest absolute Gasteiger partial charge is 0.321 e. The zero-order valence-corrected chi connectivity index (χ0v) is 8.44. The normalized spacial score (nSPS) is 19.3. The van der Waals surface area contributed by atoms with Crippen molar-refractivity contribution in [2.45, 2.75) is 31.0 Å². The van der Waals surface area contributed by atoms with E-state index in [0.29, 0.717) is 12.8 Å². The van der Waals surface area contributed by atoms with Crippen molar-refractivity contribution in [2.24, 2.45) is 5.73 Å². The maximum Gasteiger partial charge on any atom is 0.419 e. The second-order valence-electron chi connectivity index (χ2n) is 4.17. The zero-order chi connectivity index (χ0) is 12.0. The lowest BCUT2D eigenvalue weighted by molar-refractivity contribution is -0.140. The van der Waals surface area contributed by atoms with Crippen molar-refractivity contribution in [1.29, 1.82) is 0 Å². The Balaban J connectivity index is 2.49. The maximum atomic E-state index is 13.7. The number of halogens is 4. The third kappa shape index (κ3) is 1.69. The van der Waals surface area contributed by atoms with Crippen LogP contribution in [-0.4, -0.2) is 0 Å². The SMILES string of the molecule is NC1(c2cccc(C(F)(F)F)c2F)CCC1. The molecule has 0 unspecified atom stereocenters. The number of hydrogen-bond acceptors (Lipinski definition) is 1. The molecule has 0 heterocycles. The molecular formula is C11H11F4N. The van der Waals surface area contributed by atoms with Crippen LogP contribution in [0.15, 0.2) is 18.2 Å². The van der Waals surface area contributed by atoms with E-state index in [1.54, 1.807) is 0 Å². The van der Waals surface area contributed by atoms with Crippen LogP contribution in [0.1, 0.15) is 30.4 Å². The molecule has 1 aliphatic carbocycles. The maximum absolute atomic E-state index is 13.7. The number of hydrogen-bond donors (Lipinski definition) is 1. The van der Waals surface area contributed by atoms with E-state index in [4.69, 9.17) is 5.73 Å². The highest BCUT2D eigenvalue weighted by molar-refractivity contribution is 5.34. The molecule has 0 radical (unpaired) electrons. The first-order chi connectivity index (χ1) is 7.34. The Morgan fingerprint density at radius 1 is 1.19 bits per heavy atom. The van der Waals surface area contributed by atoms with E-state index in [1.807, 2.05) is 0 Å². The Bertz CT molecular complexity index is 407. The van der Waals surface area contributed by atoms with Gasteiger partial charge in [-0.1, -0.05) is 12.1 Å². The van der Waals surface area contributed by atoms with Crippen molar-refractivity contribution < 1.29 is 17.6 Å². The van der Waals surface area contributed by atoms with Gasteiger partial charge in [-0.3, -0.25) is 0 Å². The predicted molar refractivity (Wildman–Crippen MR) is 51.1 cm³/mol. The lowest BCUT2D eigenvalue weighted by atomic mass is 9.72. The predicted octanol–water partition coefficient (Wildman–Crippen LogP) is 3.18. The van der Waals surface area contributed by atoms with Gasteiger partial charge in [0.1, 0.15) is 5.82 Å². The lowest BCUT2D eigenvalue weighted by Crippen LogP contribution is -2.44. The molecule has 0 spiro atoms. The first-order valence-electron chi connectivity index (χ1n) is 5.00. The van der Waals surface area contributed by atoms with Crippen LogP contribution in [0.25, 0.3) is 0 Å². The van der Waals surface area contributed by atoms with Gasteiger partial charge in [0.2, 0.25) is 0 Å². The average Bonchev–Trinajstić information content (AvgIpc) is 2.13. The largest absolute Gasteiger partial charge is 0.419 e. The summed E-state index contributed by atoms with van der Waals surface area (Å²) < 4.78 is 51.1. The molecule has 1 aliphatic rings. The Hall–Kier alpha value is -1.10. The minimum Gasteiger partial charge on any atom is -0.321 e. The summed E-state index contributed by atoms with van der Waals surface area (Å²) >= 11 is 0. The van der Waals surface area contributed by atoms with Crippen LogP contribution in [0.4, 0.5) is 17.6 Å². The summed E-state index contributed by atoms with van der Waals surface area (Å²) in [7, 11) is 0. The molecule has 0 amide bonds. The molecule has 0 atom stereocenters. The lowest BCUT2D eigenvalue weighted by Gasteiger charge is -2.39. The fourth-order valence-electron chi connectivity index (χ4n) is 1.96. The number of rotatable bonds is 1. The van der Waals surface area contributed by atoms with Crippen LogP contribution < -0.4 is 5.73 Å². The molecule has 0 aromatic heterocycles. The monoisotopic (exact) mass is 233 g/mol. The molecule has 1 aromatic carbocycles. The Morgan fingerprint density at radius 2 is 1.81 bits per heavy atom. The summed E-state index contributed by atoms with van der Waals surface area (Å²) in [4.78, 5) is 0. The average molecular weight is 233 g/mol. The standard InChI is InChI=1S/C11H11F4N/c12-9-7(10(16)5-2-6-10)3-1-4-8(9)11(13,14)15/h1,3-4H,2,5-6,16H2. The number of nitrogens with two attached hydrogens (primary N) is 1. The van der Waals surface area contributed by atoms with Crippen LogP contribution in [0, 0.1) is 5.82 Å². The molecule has 0 aliphatic heterocycles. The molecule has 0 bridgehead atoms. The van der Waals surface area contributed by atoms with E-state index in [1.165, 1.54) is 12.1 Å². The summed E-state index contributed by atoms with van der Waals surface area (Å²) in [5.74, 6) is -1.22. The third-order valence-corrected chi connectivity index (χ3v) is 3.09. The van der Waals surface area contributed by atoms with Gasteiger partial charge in [-0.05, 0) is 25.3 Å². The van der Waals surface area contributed by atoms with E-state index >= 15 is 0 Å². The molecule has 1 nitrogen and oxygen atoms in total. The topological polar surface area (TPSA) is 26.0 Å². The molecule has 88 valence electrons. The third-order valence-electron chi connectivity index (χ3n) is 3.09. The molecule has 1 fully saturated rings. The van der Waals surface area contributed by atoms with Crippen LogP contribution in [0.3, 0.4) is 0 Å². The van der Waals surface area contributed by atoms with Gasteiger partial charge in [0, 0.05) is 11.1 Å². The van der Waals surface area contributed by atoms with Gasteiger partial charge in [0.15, 0.2) is 0 Å². The van der Waals surface area contributed by atoms with Gasteiger partial charge in [0.05, 0.1) is 5.56 Å². The van der Waals surface area contributed by atoms with Crippen molar-refractivity contribution in [1.82, 2.24) is 0 Å². The summed E-state index contributed by atoms with van der Waals surface area (Å²) in [5.41, 5.74) is 3.66. The minimum atomic E-state index is -4.67. The van der Waals surface area contributed by atoms with E-state index in [2.05, 4.69) is 0 Å². The van der Waals surface area contributed by atoms with Crippen molar-refractivity contribution in [2.75, 3.05) is 0 Å². The van der Waals surface area contributed by atoms with Crippen molar-refractivity contribution >= 4 is 0 Å². The Morgan fingerprint density at radius 3 is 2.25 bits per heavy atom. The molecule has 5 heteroatoms. The van der Waals surface area contributed by atoms with E-state index in [-0.39, 0.29) is 5.56 Å². The van der Waals surface area contributed by atoms with Crippen molar-refractivity contribution in [3.05, 3.63) is 35.1 Å². The Kier molecular flexibility index (Phi) is 2.45. The number of benzene rings is 1. The summed E-state index contributed by atoms with van der Waals surface area (Å²) in [6.07, 6.45) is -2.77. The van der Waals surface area contributed by atoms with Gasteiger partial charge >= 0.3 is 6.18 Å². The van der Waals surface area contributed by atoms with Gasteiger partial charge < -0.3 is 5.73 Å². The van der Waals surface area contributed by atoms with Gasteiger partial charge in [-0.15, -0.1) is 0 Å². The quantitative estimate of drug-likeness (QED) is 0.741. The molecule has 16 heavy (non-hydrogen) atoms. The molecule has 1 saturated carbocycles. The Labute approximate surface area is 90.3 Å². The van der Waals surface area contributed by atoms with E-state index in [9.17, 15) is 17.6 Å². The summed E-state index contributed by atoms with van der Waals surface area (Å²) in [6.45, 7) is 0. The fourth-order valence-corrected chi connectivity index (χ4v) is 1.96. The van der Waals surface area contributed by atoms with Gasteiger partial charge in [-0.2, -0.15) is 13.2 Å². The van der Waals surface area contributed by atoms with E-state index in [0.717, 1.165) is 12.5 Å². The van der Waals surface area contributed by atoms with Crippen LogP contribution in [0.5, 0.6) is 0 Å². The summed E-state index contributed by atoms with van der Waals surface area (Å²) in [6, 6.07) is 3.28. The first kappa shape index (κ1) is 11.4. The van der Waals surface area contributed by atoms with E-state index < -0.39 is 23.1 Å². The van der Waals surface area contributed by atoms with Crippen molar-refractivity contribution in [3.8, 4) is 0 Å². The first-order valence-corrected chi connectivity index (χ1v) is 5.00. The highest BCUT2D eigenvalue weighted by Crippen LogP contribution is 2.42. The molecular weight excluding hydrogens is 222 g/mol. The van der Waals surface area contributed by atoms with Crippen LogP contribution in [-0.2, 0) is 11.7 Å². The van der Waals surface area contributed by atoms with Crippen LogP contribution in [0.2, 0.25) is 0 Å². The number of alkyl halides is 3. The summed E-state index contributed by atoms with van der Waals surface area (Å²) in [5, 5.41) is 0. The van der Waals surface area contributed by atoms with Crippen LogP contribution >= 0.6 is 0 Å². The minimum absolute atomic E-state index is 0.0198. The molecule has 0 saturated heterocycles. The van der Waals surface area contributed by atoms with Gasteiger partial charge in [0.25, 0.3) is 0 Å². The molecule has 2 rings (SSSR count). The molecule has 2 N–H and O–H groups in total. The molecule has 1 aromatic rings.